The molecule has 1 aromatic rings. The summed E-state index contributed by atoms with van der Waals surface area (Å²) in [6.07, 6.45) is 3.09. The van der Waals surface area contributed by atoms with E-state index in [0.717, 1.165) is 24.9 Å². The molecule has 2 bridgehead atoms. The van der Waals surface area contributed by atoms with Gasteiger partial charge in [-0.3, -0.25) is 10.2 Å². The summed E-state index contributed by atoms with van der Waals surface area (Å²) in [5, 5.41) is 4.55. The van der Waals surface area contributed by atoms with Gasteiger partial charge in [-0.05, 0) is 38.3 Å². The minimum absolute atomic E-state index is 0.107. The van der Waals surface area contributed by atoms with Crippen molar-refractivity contribution < 1.29 is 9.53 Å². The lowest BCUT2D eigenvalue weighted by molar-refractivity contribution is -0.148. The third kappa shape index (κ3) is 2.69. The minimum Gasteiger partial charge on any atom is -0.462 e. The second-order valence-electron chi connectivity index (χ2n) is 5.86. The van der Waals surface area contributed by atoms with Crippen LogP contribution < -0.4 is 5.43 Å². The molecular weight excluding hydrogens is 252 g/mol. The van der Waals surface area contributed by atoms with Crippen LogP contribution in [-0.2, 0) is 9.53 Å². The van der Waals surface area contributed by atoms with Gasteiger partial charge in [0.25, 0.3) is 0 Å². The second kappa shape index (κ2) is 5.27. The molecule has 0 heterocycles. The van der Waals surface area contributed by atoms with E-state index < -0.39 is 0 Å². The summed E-state index contributed by atoms with van der Waals surface area (Å²) in [4.78, 5) is 11.0. The van der Waals surface area contributed by atoms with Gasteiger partial charge < -0.3 is 4.74 Å². The Bertz CT molecular complexity index is 536. The number of hydrazone groups is 1. The Morgan fingerprint density at radius 3 is 2.65 bits per heavy atom. The predicted octanol–water partition coefficient (Wildman–Crippen LogP) is 3.12. The number of hydrogen-bond donors (Lipinski definition) is 1. The van der Waals surface area contributed by atoms with Crippen LogP contribution in [0.5, 0.6) is 0 Å². The average molecular weight is 272 g/mol. The summed E-state index contributed by atoms with van der Waals surface area (Å²) in [5.41, 5.74) is 6.61. The maximum Gasteiger partial charge on any atom is 0.302 e. The second-order valence-corrected chi connectivity index (χ2v) is 5.86. The normalized spacial score (nSPS) is 29.7. The number of esters is 1. The van der Waals surface area contributed by atoms with Gasteiger partial charge in [-0.25, -0.2) is 0 Å². The summed E-state index contributed by atoms with van der Waals surface area (Å²) in [6.45, 7) is 3.56. The lowest BCUT2D eigenvalue weighted by Crippen LogP contribution is -2.26. The summed E-state index contributed by atoms with van der Waals surface area (Å²) >= 11 is 0. The van der Waals surface area contributed by atoms with Gasteiger partial charge in [0.15, 0.2) is 0 Å². The number of rotatable bonds is 3. The highest BCUT2D eigenvalue weighted by molar-refractivity contribution is 5.90. The molecule has 0 radical (unpaired) electrons. The van der Waals surface area contributed by atoms with Gasteiger partial charge in [0, 0.05) is 24.5 Å². The molecular formula is C16H20N2O2. The number of ether oxygens (including phenoxy) is 1. The first kappa shape index (κ1) is 13.2. The molecule has 3 atom stereocenters. The quantitative estimate of drug-likeness (QED) is 0.679. The third-order valence-electron chi connectivity index (χ3n) is 4.27. The Morgan fingerprint density at radius 1 is 1.30 bits per heavy atom. The molecule has 1 N–H and O–H groups in total. The Morgan fingerprint density at radius 2 is 2.05 bits per heavy atom. The number of nitrogens with zero attached hydrogens (tertiary/aromatic N) is 1. The minimum atomic E-state index is -0.168. The monoisotopic (exact) mass is 272 g/mol. The molecule has 2 saturated carbocycles. The fourth-order valence-corrected chi connectivity index (χ4v) is 3.27. The fraction of sp³-hybridized carbons (Fsp3) is 0.500. The largest absolute Gasteiger partial charge is 0.462 e. The summed E-state index contributed by atoms with van der Waals surface area (Å²) in [5.74, 6) is 0.767. The molecule has 2 aliphatic rings. The van der Waals surface area contributed by atoms with Crippen molar-refractivity contribution in [2.75, 3.05) is 5.43 Å². The SMILES string of the molecule is CC(=O)O[C@H]1C[C@H]2C[C@H]1C/C2=N\Nc1ccc(C)cc1. The van der Waals surface area contributed by atoms with Crippen molar-refractivity contribution in [3.8, 4) is 0 Å². The average Bonchev–Trinajstić information content (AvgIpc) is 2.97. The van der Waals surface area contributed by atoms with Crippen molar-refractivity contribution in [2.45, 2.75) is 39.2 Å². The van der Waals surface area contributed by atoms with Crippen molar-refractivity contribution in [3.05, 3.63) is 29.8 Å². The Kier molecular flexibility index (Phi) is 3.47. The Balaban J connectivity index is 1.60. The Labute approximate surface area is 119 Å². The third-order valence-corrected chi connectivity index (χ3v) is 4.27. The van der Waals surface area contributed by atoms with E-state index in [1.165, 1.54) is 18.2 Å². The molecule has 3 rings (SSSR count). The number of fused-ring (bicyclic) bond motifs is 2. The number of nitrogens with one attached hydrogen (secondary N) is 1. The lowest BCUT2D eigenvalue weighted by Gasteiger charge is -2.22. The van der Waals surface area contributed by atoms with E-state index in [0.29, 0.717) is 11.8 Å². The van der Waals surface area contributed by atoms with E-state index in [-0.39, 0.29) is 12.1 Å². The zero-order valence-corrected chi connectivity index (χ0v) is 11.9. The van der Waals surface area contributed by atoms with E-state index >= 15 is 0 Å². The van der Waals surface area contributed by atoms with E-state index in [1.807, 2.05) is 12.1 Å². The van der Waals surface area contributed by atoms with Crippen LogP contribution in [0.1, 0.15) is 31.7 Å². The molecule has 20 heavy (non-hydrogen) atoms. The number of hydrogen-bond acceptors (Lipinski definition) is 4. The van der Waals surface area contributed by atoms with Crippen molar-refractivity contribution in [1.29, 1.82) is 0 Å². The van der Waals surface area contributed by atoms with Crippen LogP contribution >= 0.6 is 0 Å². The highest BCUT2D eigenvalue weighted by Gasteiger charge is 2.45. The van der Waals surface area contributed by atoms with E-state index in [4.69, 9.17) is 4.74 Å². The molecule has 2 fully saturated rings. The fourth-order valence-electron chi connectivity index (χ4n) is 3.27. The molecule has 4 nitrogen and oxygen atoms in total. The molecule has 1 aromatic carbocycles. The standard InChI is InChI=1S/C16H20N2O2/c1-10-3-5-14(6-4-10)17-18-15-8-13-7-12(15)9-16(13)20-11(2)19/h3-6,12-13,16-17H,7-9H2,1-2H3/b18-15+/t12-,13+,16+/m1/s1. The van der Waals surface area contributed by atoms with Crippen molar-refractivity contribution in [3.63, 3.8) is 0 Å². The van der Waals surface area contributed by atoms with Gasteiger partial charge >= 0.3 is 5.97 Å². The number of aryl methyl sites for hydroxylation is 1. The zero-order chi connectivity index (χ0) is 14.1. The maximum absolute atomic E-state index is 11.0. The topological polar surface area (TPSA) is 50.7 Å². The first-order chi connectivity index (χ1) is 9.61. The lowest BCUT2D eigenvalue weighted by atomic mass is 9.96. The highest BCUT2D eigenvalue weighted by atomic mass is 16.5. The summed E-state index contributed by atoms with van der Waals surface area (Å²) < 4.78 is 5.36. The van der Waals surface area contributed by atoms with Gasteiger partial charge in [0.05, 0.1) is 5.69 Å². The van der Waals surface area contributed by atoms with Crippen molar-refractivity contribution in [1.82, 2.24) is 0 Å². The Hall–Kier alpha value is -1.84. The van der Waals surface area contributed by atoms with E-state index in [1.54, 1.807) is 0 Å². The van der Waals surface area contributed by atoms with Gasteiger partial charge in [0.2, 0.25) is 0 Å². The molecule has 0 saturated heterocycles. The van der Waals surface area contributed by atoms with Crippen molar-refractivity contribution in [2.24, 2.45) is 16.9 Å². The number of carbonyl (C=O) groups is 1. The molecule has 0 aromatic heterocycles. The van der Waals surface area contributed by atoms with Crippen LogP contribution in [0.3, 0.4) is 0 Å². The molecule has 0 spiro atoms. The maximum atomic E-state index is 11.0. The van der Waals surface area contributed by atoms with Crippen LogP contribution in [0.25, 0.3) is 0 Å². The summed E-state index contributed by atoms with van der Waals surface area (Å²) in [7, 11) is 0. The highest BCUT2D eigenvalue weighted by Crippen LogP contribution is 2.44. The van der Waals surface area contributed by atoms with Crippen LogP contribution in [-0.4, -0.2) is 17.8 Å². The number of anilines is 1. The van der Waals surface area contributed by atoms with Gasteiger partial charge in [-0.2, -0.15) is 5.10 Å². The van der Waals surface area contributed by atoms with Crippen LogP contribution in [0.4, 0.5) is 5.69 Å². The first-order valence-corrected chi connectivity index (χ1v) is 7.18. The molecule has 106 valence electrons. The first-order valence-electron chi connectivity index (χ1n) is 7.18. The molecule has 4 heteroatoms. The predicted molar refractivity (Wildman–Crippen MR) is 78.6 cm³/mol. The molecule has 0 amide bonds. The molecule has 0 aliphatic heterocycles. The summed E-state index contributed by atoms with van der Waals surface area (Å²) in [6, 6.07) is 8.21. The van der Waals surface area contributed by atoms with Crippen molar-refractivity contribution >= 4 is 17.4 Å². The van der Waals surface area contributed by atoms with E-state index in [2.05, 4.69) is 29.6 Å². The number of carbonyl (C=O) groups excluding carboxylic acids is 1. The van der Waals surface area contributed by atoms with Gasteiger partial charge in [-0.15, -0.1) is 0 Å². The van der Waals surface area contributed by atoms with Crippen LogP contribution in [0.15, 0.2) is 29.4 Å². The van der Waals surface area contributed by atoms with Crippen LogP contribution in [0, 0.1) is 18.8 Å². The van der Waals surface area contributed by atoms with E-state index in [9.17, 15) is 4.79 Å². The smallest absolute Gasteiger partial charge is 0.302 e. The zero-order valence-electron chi connectivity index (χ0n) is 11.9. The molecule has 0 unspecified atom stereocenters. The number of benzene rings is 1. The van der Waals surface area contributed by atoms with Crippen LogP contribution in [0.2, 0.25) is 0 Å². The molecule has 2 aliphatic carbocycles. The van der Waals surface area contributed by atoms with Gasteiger partial charge in [0.1, 0.15) is 6.10 Å². The van der Waals surface area contributed by atoms with Gasteiger partial charge in [-0.1, -0.05) is 17.7 Å².